The molecule has 2 N–H and O–H groups in total. The van der Waals surface area contributed by atoms with Crippen molar-refractivity contribution in [1.29, 1.82) is 0 Å². The molecule has 0 spiro atoms. The molecule has 0 saturated heterocycles. The number of aliphatic hydroxyl groups excluding tert-OH is 1. The second-order valence-electron chi connectivity index (χ2n) is 16.7. The maximum absolute atomic E-state index is 15.1. The van der Waals surface area contributed by atoms with Crippen LogP contribution in [0.4, 0.5) is 9.18 Å². The summed E-state index contributed by atoms with van der Waals surface area (Å²) >= 11 is 6.43. The van der Waals surface area contributed by atoms with Gasteiger partial charge in [-0.15, -0.1) is 0 Å². The third-order valence-corrected chi connectivity index (χ3v) is 13.2. The number of hydrogen-bond donors (Lipinski definition) is 2. The molecule has 0 aromatic heterocycles. The molecule has 314 valence electrons. The van der Waals surface area contributed by atoms with E-state index in [1.807, 2.05) is 60.7 Å². The summed E-state index contributed by atoms with van der Waals surface area (Å²) in [6, 6.07) is 28.8. The minimum Gasteiger partial charge on any atom is -0.497 e. The largest absolute Gasteiger partial charge is 0.497 e. The summed E-state index contributed by atoms with van der Waals surface area (Å²) in [6.07, 6.45) is 4.24. The van der Waals surface area contributed by atoms with Gasteiger partial charge in [-0.25, -0.2) is 9.18 Å². The highest BCUT2D eigenvalue weighted by Gasteiger charge is 2.58. The van der Waals surface area contributed by atoms with Crippen LogP contribution in [0.2, 0.25) is 5.02 Å². The molecule has 2 bridgehead atoms. The van der Waals surface area contributed by atoms with E-state index in [1.54, 1.807) is 38.5 Å². The van der Waals surface area contributed by atoms with Crippen molar-refractivity contribution < 1.29 is 38.4 Å². The number of fused-ring (bicyclic) bond motifs is 9. The highest BCUT2D eigenvalue weighted by atomic mass is 35.5. The summed E-state index contributed by atoms with van der Waals surface area (Å²) in [7, 11) is 3.13. The molecule has 1 amide bonds. The van der Waals surface area contributed by atoms with Crippen molar-refractivity contribution >= 4 is 34.2 Å². The molecule has 4 atom stereocenters. The van der Waals surface area contributed by atoms with Crippen molar-refractivity contribution in [2.45, 2.75) is 89.4 Å². The lowest BCUT2D eigenvalue weighted by Crippen LogP contribution is -2.54. The van der Waals surface area contributed by atoms with Crippen molar-refractivity contribution in [1.82, 2.24) is 4.90 Å². The lowest BCUT2D eigenvalue weighted by atomic mass is 9.64. The van der Waals surface area contributed by atoms with E-state index in [2.05, 4.69) is 19.9 Å². The number of rotatable bonds is 10. The first-order valence-corrected chi connectivity index (χ1v) is 21.0. The van der Waals surface area contributed by atoms with Gasteiger partial charge in [0.1, 0.15) is 23.1 Å². The van der Waals surface area contributed by atoms with Crippen LogP contribution in [0.3, 0.4) is 0 Å². The predicted octanol–water partition coefficient (Wildman–Crippen LogP) is 10.8. The van der Waals surface area contributed by atoms with Gasteiger partial charge in [-0.2, -0.15) is 0 Å². The number of allylic oxidation sites excluding steroid dienone is 2. The third-order valence-electron chi connectivity index (χ3n) is 12.9. The van der Waals surface area contributed by atoms with Crippen LogP contribution >= 0.6 is 11.6 Å². The average Bonchev–Trinajstić information content (AvgIpc) is 3.49. The fraction of sp³-hybridized carbons (Fsp3) is 0.360. The highest BCUT2D eigenvalue weighted by molar-refractivity contribution is 6.31. The molecule has 10 heteroatoms. The Bertz CT molecular complexity index is 2400. The molecule has 0 heterocycles. The first-order valence-electron chi connectivity index (χ1n) is 20.6. The summed E-state index contributed by atoms with van der Waals surface area (Å²) in [5.74, 6) is 0.287. The Balaban J connectivity index is 1.29. The number of halogens is 2. The van der Waals surface area contributed by atoms with Gasteiger partial charge in [-0.1, -0.05) is 78.7 Å². The maximum Gasteiger partial charge on any atom is 0.415 e. The molecule has 1 fully saturated rings. The van der Waals surface area contributed by atoms with E-state index in [0.29, 0.717) is 73.3 Å². The number of benzene rings is 5. The third kappa shape index (κ3) is 9.09. The zero-order chi connectivity index (χ0) is 42.6. The van der Waals surface area contributed by atoms with Gasteiger partial charge in [0.15, 0.2) is 5.78 Å². The molecule has 0 radical (unpaired) electrons. The monoisotopic (exact) mass is 833 g/mol. The molecule has 4 unspecified atom stereocenters. The Morgan fingerprint density at radius 1 is 0.900 bits per heavy atom. The van der Waals surface area contributed by atoms with Crippen molar-refractivity contribution in [3.63, 3.8) is 0 Å². The maximum atomic E-state index is 15.1. The zero-order valence-corrected chi connectivity index (χ0v) is 35.4. The fourth-order valence-corrected chi connectivity index (χ4v) is 9.51. The van der Waals surface area contributed by atoms with Crippen molar-refractivity contribution in [3.05, 3.63) is 147 Å². The van der Waals surface area contributed by atoms with Gasteiger partial charge < -0.3 is 29.3 Å². The summed E-state index contributed by atoms with van der Waals surface area (Å²) in [4.78, 5) is 30.5. The number of aliphatic hydroxyl groups is 2. The Morgan fingerprint density at radius 3 is 2.45 bits per heavy atom. The quantitative estimate of drug-likeness (QED) is 0.107. The van der Waals surface area contributed by atoms with Gasteiger partial charge in [0.2, 0.25) is 0 Å². The molecule has 1 saturated carbocycles. The lowest BCUT2D eigenvalue weighted by Gasteiger charge is -2.46. The predicted molar refractivity (Wildman–Crippen MR) is 233 cm³/mol. The number of ketones is 1. The second kappa shape index (κ2) is 18.2. The van der Waals surface area contributed by atoms with Crippen molar-refractivity contribution in [3.8, 4) is 17.2 Å². The van der Waals surface area contributed by atoms with Crippen LogP contribution in [0.1, 0.15) is 90.9 Å². The van der Waals surface area contributed by atoms with Crippen LogP contribution in [0.25, 0.3) is 10.8 Å². The molecule has 60 heavy (non-hydrogen) atoms. The van der Waals surface area contributed by atoms with Crippen LogP contribution in [0.15, 0.2) is 109 Å². The number of carbonyl (C=O) groups is 2. The topological polar surface area (TPSA) is 106 Å². The minimum atomic E-state index is -1.46. The number of methoxy groups -OCH3 is 2. The summed E-state index contributed by atoms with van der Waals surface area (Å²) in [6.45, 7) is 4.10. The van der Waals surface area contributed by atoms with E-state index in [-0.39, 0.29) is 41.8 Å². The van der Waals surface area contributed by atoms with Crippen molar-refractivity contribution in [2.24, 2.45) is 5.41 Å². The average molecular weight is 834 g/mol. The first-order chi connectivity index (χ1) is 28.8. The molecule has 5 aromatic carbocycles. The van der Waals surface area contributed by atoms with E-state index >= 15 is 4.39 Å². The molecular formula is C50H53ClFNO7. The number of carbonyl (C=O) groups excluding carboxylic acids is 2. The Hall–Kier alpha value is -5.22. The summed E-state index contributed by atoms with van der Waals surface area (Å²) in [5, 5.41) is 26.4. The summed E-state index contributed by atoms with van der Waals surface area (Å²) in [5.41, 5.74) is 1.58. The number of amides is 1. The van der Waals surface area contributed by atoms with Crippen LogP contribution in [0, 0.1) is 11.2 Å². The Kier molecular flexibility index (Phi) is 13.0. The van der Waals surface area contributed by atoms with E-state index in [9.17, 15) is 19.8 Å². The van der Waals surface area contributed by atoms with Crippen LogP contribution in [-0.4, -0.2) is 59.5 Å². The van der Waals surface area contributed by atoms with E-state index in [1.165, 1.54) is 17.0 Å². The second-order valence-corrected chi connectivity index (χ2v) is 17.1. The number of ether oxygens (including phenoxy) is 3. The Morgan fingerprint density at radius 2 is 1.68 bits per heavy atom. The normalized spacial score (nSPS) is 21.8. The highest BCUT2D eigenvalue weighted by Crippen LogP contribution is 2.59. The molecule has 3 aliphatic rings. The van der Waals surface area contributed by atoms with Crippen molar-refractivity contribution in [2.75, 3.05) is 20.8 Å². The van der Waals surface area contributed by atoms with E-state index < -0.39 is 29.0 Å². The van der Waals surface area contributed by atoms with Gasteiger partial charge in [0.05, 0.1) is 39.0 Å². The van der Waals surface area contributed by atoms with Gasteiger partial charge >= 0.3 is 6.09 Å². The van der Waals surface area contributed by atoms with Gasteiger partial charge in [0.25, 0.3) is 0 Å². The summed E-state index contributed by atoms with van der Waals surface area (Å²) < 4.78 is 32.4. The number of nitrogens with zero attached hydrogens (tertiary/aromatic N) is 1. The molecule has 8 rings (SSSR count). The van der Waals surface area contributed by atoms with Gasteiger partial charge in [-0.05, 0) is 122 Å². The minimum absolute atomic E-state index is 0.0613. The zero-order valence-electron chi connectivity index (χ0n) is 34.7. The van der Waals surface area contributed by atoms with Crippen LogP contribution in [-0.2, 0) is 19.4 Å². The van der Waals surface area contributed by atoms with Crippen LogP contribution in [0.5, 0.6) is 17.2 Å². The van der Waals surface area contributed by atoms with Gasteiger partial charge in [0, 0.05) is 39.6 Å². The molecule has 3 aliphatic carbocycles. The van der Waals surface area contributed by atoms with E-state index in [0.717, 1.165) is 27.5 Å². The first kappa shape index (κ1) is 42.9. The number of Topliss-reactive ketones (excluding diaryl/α,β-unsaturated/α-hetero) is 1. The van der Waals surface area contributed by atoms with E-state index in [4.69, 9.17) is 25.8 Å². The molecular weight excluding hydrogens is 781 g/mol. The SMILES string of the molecule is COc1ccc(CN(CC2(O)CCC3c4ccc(cc4C(=O)Cc4c(F)cccc4Cl)CC(O)CCC(C)=CCCC32C)C(=O)Oc2ccc3ccccc3c2)c(OC)c1. The molecule has 8 nitrogen and oxygen atoms in total. The standard InChI is InChI=1S/C50H53ClFNO7/c1-32-9-8-23-49(2)43(40-21-15-33(25-37(54)18-14-32)26-41(40)46(55)29-42-44(51)12-7-13-45(42)52)22-24-50(49,57)31-53(30-36-17-19-38(58-3)28-47(36)59-4)48(56)60-39-20-16-34-10-5-6-11-35(34)27-39/h5-7,9-13,15-17,19-21,26-28,37,43,54,57H,8,14,18,22-25,29-31H2,1-4H3. The van der Waals surface area contributed by atoms with Crippen LogP contribution < -0.4 is 14.2 Å². The van der Waals surface area contributed by atoms with Gasteiger partial charge in [-0.3, -0.25) is 4.79 Å². The Labute approximate surface area is 356 Å². The fourth-order valence-electron chi connectivity index (χ4n) is 9.28. The lowest BCUT2D eigenvalue weighted by molar-refractivity contribution is -0.0802. The molecule has 5 aromatic rings. The molecule has 0 aliphatic heterocycles. The number of hydrogen-bond acceptors (Lipinski definition) is 7. The smallest absolute Gasteiger partial charge is 0.415 e.